The highest BCUT2D eigenvalue weighted by molar-refractivity contribution is 5.74. The fourth-order valence-corrected chi connectivity index (χ4v) is 3.41. The van der Waals surface area contributed by atoms with E-state index in [0.717, 1.165) is 44.5 Å². The fourth-order valence-electron chi connectivity index (χ4n) is 3.41. The lowest BCUT2D eigenvalue weighted by atomic mass is 9.77. The number of urea groups is 1. The minimum Gasteiger partial charge on any atom is -0.497 e. The van der Waals surface area contributed by atoms with E-state index >= 15 is 0 Å². The lowest BCUT2D eigenvalue weighted by molar-refractivity contribution is 0.0520. The van der Waals surface area contributed by atoms with Gasteiger partial charge in [0.05, 0.1) is 7.11 Å². The molecule has 5 heteroatoms. The van der Waals surface area contributed by atoms with Gasteiger partial charge < -0.3 is 20.1 Å². The third kappa shape index (κ3) is 5.11. The van der Waals surface area contributed by atoms with Crippen LogP contribution in [0.1, 0.15) is 51.0 Å². The van der Waals surface area contributed by atoms with Gasteiger partial charge in [-0.3, -0.25) is 0 Å². The molecule has 1 aliphatic heterocycles. The topological polar surface area (TPSA) is 61.8 Å². The molecule has 140 valence electrons. The molecule has 1 fully saturated rings. The highest BCUT2D eigenvalue weighted by atomic mass is 16.5. The zero-order valence-corrected chi connectivity index (χ0v) is 15.8. The number of nitrogens with one attached hydrogen (secondary N) is 1. The molecule has 1 aliphatic rings. The third-order valence-corrected chi connectivity index (χ3v) is 5.74. The van der Waals surface area contributed by atoms with Crippen LogP contribution in [0, 0.1) is 5.41 Å². The Morgan fingerprint density at radius 3 is 2.48 bits per heavy atom. The van der Waals surface area contributed by atoms with Crippen molar-refractivity contribution < 1.29 is 14.6 Å². The Hall–Kier alpha value is -1.75. The molecule has 1 aromatic carbocycles. The molecule has 2 N–H and O–H groups in total. The maximum atomic E-state index is 12.3. The van der Waals surface area contributed by atoms with Gasteiger partial charge in [-0.05, 0) is 54.7 Å². The molecule has 0 saturated carbocycles. The van der Waals surface area contributed by atoms with Crippen LogP contribution >= 0.6 is 0 Å². The van der Waals surface area contributed by atoms with Crippen molar-refractivity contribution in [2.24, 2.45) is 5.41 Å². The Morgan fingerprint density at radius 2 is 1.96 bits per heavy atom. The molecule has 25 heavy (non-hydrogen) atoms. The van der Waals surface area contributed by atoms with E-state index in [4.69, 9.17) is 4.74 Å². The second-order valence-electron chi connectivity index (χ2n) is 7.19. The van der Waals surface area contributed by atoms with Gasteiger partial charge in [0.15, 0.2) is 0 Å². The van der Waals surface area contributed by atoms with Crippen LogP contribution in [0.4, 0.5) is 4.79 Å². The molecule has 0 aromatic heterocycles. The molecule has 0 radical (unpaired) electrons. The third-order valence-electron chi connectivity index (χ3n) is 5.74. The average molecular weight is 348 g/mol. The molecule has 2 rings (SSSR count). The number of hydrogen-bond acceptors (Lipinski definition) is 3. The molecule has 1 atom stereocenters. The number of rotatable bonds is 7. The normalized spacial score (nSPS) is 17.8. The molecule has 1 aromatic rings. The summed E-state index contributed by atoms with van der Waals surface area (Å²) >= 11 is 0. The lowest BCUT2D eigenvalue weighted by Crippen LogP contribution is -2.48. The summed E-state index contributed by atoms with van der Waals surface area (Å²) in [5.74, 6) is 1.25. The SMILES string of the molecule is CCC1(CO)CCN(C(=O)NCCC(C)c2ccc(OC)cc2)CC1. The first-order valence-corrected chi connectivity index (χ1v) is 9.31. The van der Waals surface area contributed by atoms with Gasteiger partial charge in [-0.1, -0.05) is 26.0 Å². The summed E-state index contributed by atoms with van der Waals surface area (Å²) in [6.07, 6.45) is 3.64. The van der Waals surface area contributed by atoms with Gasteiger partial charge in [-0.15, -0.1) is 0 Å². The quantitative estimate of drug-likeness (QED) is 0.794. The van der Waals surface area contributed by atoms with Crippen molar-refractivity contribution in [2.45, 2.75) is 45.4 Å². The van der Waals surface area contributed by atoms with Crippen LogP contribution in [-0.2, 0) is 0 Å². The van der Waals surface area contributed by atoms with Gasteiger partial charge in [-0.25, -0.2) is 4.79 Å². The predicted octanol–water partition coefficient (Wildman–Crippen LogP) is 3.38. The van der Waals surface area contributed by atoms with Crippen LogP contribution in [0.15, 0.2) is 24.3 Å². The monoisotopic (exact) mass is 348 g/mol. The number of carbonyl (C=O) groups is 1. The van der Waals surface area contributed by atoms with Crippen LogP contribution in [-0.4, -0.2) is 49.4 Å². The number of piperidine rings is 1. The van der Waals surface area contributed by atoms with E-state index < -0.39 is 0 Å². The standard InChI is InChI=1S/C20H32N2O3/c1-4-20(15-23)10-13-22(14-11-20)19(24)21-12-9-16(2)17-5-7-18(25-3)8-6-17/h5-8,16,23H,4,9-15H2,1-3H3,(H,21,24). The molecule has 1 saturated heterocycles. The van der Waals surface area contributed by atoms with E-state index in [-0.39, 0.29) is 18.1 Å². The first-order valence-electron chi connectivity index (χ1n) is 9.31. The van der Waals surface area contributed by atoms with Crippen LogP contribution < -0.4 is 10.1 Å². The Morgan fingerprint density at radius 1 is 1.32 bits per heavy atom. The van der Waals surface area contributed by atoms with Gasteiger partial charge in [0, 0.05) is 26.2 Å². The van der Waals surface area contributed by atoms with Crippen molar-refractivity contribution in [2.75, 3.05) is 33.4 Å². The number of hydrogen-bond donors (Lipinski definition) is 2. The number of aliphatic hydroxyl groups excluding tert-OH is 1. The van der Waals surface area contributed by atoms with E-state index in [1.165, 1.54) is 5.56 Å². The molecule has 0 aliphatic carbocycles. The van der Waals surface area contributed by atoms with Gasteiger partial charge in [-0.2, -0.15) is 0 Å². The predicted molar refractivity (Wildman–Crippen MR) is 100 cm³/mol. The molecule has 2 amide bonds. The summed E-state index contributed by atoms with van der Waals surface area (Å²) in [7, 11) is 1.67. The maximum Gasteiger partial charge on any atom is 0.317 e. The van der Waals surface area contributed by atoms with Crippen molar-refractivity contribution in [3.05, 3.63) is 29.8 Å². The molecule has 1 heterocycles. The molecule has 1 unspecified atom stereocenters. The van der Waals surface area contributed by atoms with E-state index in [2.05, 4.69) is 31.3 Å². The zero-order valence-electron chi connectivity index (χ0n) is 15.8. The molecule has 5 nitrogen and oxygen atoms in total. The summed E-state index contributed by atoms with van der Waals surface area (Å²) in [6, 6.07) is 8.12. The number of carbonyl (C=O) groups excluding carboxylic acids is 1. The summed E-state index contributed by atoms with van der Waals surface area (Å²) < 4.78 is 5.18. The number of likely N-dealkylation sites (tertiary alicyclic amines) is 1. The summed E-state index contributed by atoms with van der Waals surface area (Å²) in [6.45, 7) is 6.64. The Balaban J connectivity index is 1.73. The minimum absolute atomic E-state index is 0.0136. The summed E-state index contributed by atoms with van der Waals surface area (Å²) in [5.41, 5.74) is 1.27. The van der Waals surface area contributed by atoms with Gasteiger partial charge in [0.1, 0.15) is 5.75 Å². The van der Waals surface area contributed by atoms with E-state index in [9.17, 15) is 9.90 Å². The average Bonchev–Trinajstić information content (AvgIpc) is 2.67. The minimum atomic E-state index is 0.0136. The van der Waals surface area contributed by atoms with E-state index in [0.29, 0.717) is 12.5 Å². The van der Waals surface area contributed by atoms with Gasteiger partial charge >= 0.3 is 6.03 Å². The zero-order chi connectivity index (χ0) is 18.3. The number of methoxy groups -OCH3 is 1. The van der Waals surface area contributed by atoms with E-state index in [1.54, 1.807) is 7.11 Å². The largest absolute Gasteiger partial charge is 0.497 e. The van der Waals surface area contributed by atoms with Crippen molar-refractivity contribution in [3.63, 3.8) is 0 Å². The first kappa shape index (κ1) is 19.6. The highest BCUT2D eigenvalue weighted by Gasteiger charge is 2.33. The highest BCUT2D eigenvalue weighted by Crippen LogP contribution is 2.34. The second-order valence-corrected chi connectivity index (χ2v) is 7.19. The maximum absolute atomic E-state index is 12.3. The van der Waals surface area contributed by atoms with Crippen LogP contribution in [0.5, 0.6) is 5.75 Å². The number of ether oxygens (including phenoxy) is 1. The van der Waals surface area contributed by atoms with Gasteiger partial charge in [0.2, 0.25) is 0 Å². The van der Waals surface area contributed by atoms with Crippen LogP contribution in [0.3, 0.4) is 0 Å². The number of benzene rings is 1. The number of aliphatic hydroxyl groups is 1. The summed E-state index contributed by atoms with van der Waals surface area (Å²) in [4.78, 5) is 14.2. The van der Waals surface area contributed by atoms with Crippen molar-refractivity contribution in [3.8, 4) is 5.75 Å². The Labute approximate surface area is 151 Å². The number of nitrogens with zero attached hydrogens (tertiary/aromatic N) is 1. The van der Waals surface area contributed by atoms with Crippen molar-refractivity contribution in [1.29, 1.82) is 0 Å². The van der Waals surface area contributed by atoms with Gasteiger partial charge in [0.25, 0.3) is 0 Å². The van der Waals surface area contributed by atoms with Crippen LogP contribution in [0.2, 0.25) is 0 Å². The molecular formula is C20H32N2O3. The van der Waals surface area contributed by atoms with E-state index in [1.807, 2.05) is 17.0 Å². The Bertz CT molecular complexity index is 530. The molecular weight excluding hydrogens is 316 g/mol. The van der Waals surface area contributed by atoms with Crippen molar-refractivity contribution in [1.82, 2.24) is 10.2 Å². The molecule has 0 spiro atoms. The van der Waals surface area contributed by atoms with Crippen LogP contribution in [0.25, 0.3) is 0 Å². The second kappa shape index (κ2) is 9.09. The Kier molecular flexibility index (Phi) is 7.12. The molecule has 0 bridgehead atoms. The number of amides is 2. The lowest BCUT2D eigenvalue weighted by Gasteiger charge is -2.40. The first-order chi connectivity index (χ1) is 12.0. The summed E-state index contributed by atoms with van der Waals surface area (Å²) in [5, 5.41) is 12.6. The fraction of sp³-hybridized carbons (Fsp3) is 0.650. The smallest absolute Gasteiger partial charge is 0.317 e. The van der Waals surface area contributed by atoms with Crippen molar-refractivity contribution >= 4 is 6.03 Å².